The average Bonchev–Trinajstić information content (AvgIpc) is 3.58. The summed E-state index contributed by atoms with van der Waals surface area (Å²) in [5.41, 5.74) is 14.6. The molecule has 0 fully saturated rings. The number of anilines is 2. The third-order valence-electron chi connectivity index (χ3n) is 7.51. The number of hydrogen-bond acceptors (Lipinski definition) is 6. The van der Waals surface area contributed by atoms with Gasteiger partial charge in [-0.1, -0.05) is 36.4 Å². The van der Waals surface area contributed by atoms with Gasteiger partial charge < -0.3 is 17.0 Å². The van der Waals surface area contributed by atoms with E-state index in [2.05, 4.69) is 124 Å². The molecule has 7 aromatic rings. The first kappa shape index (κ1) is 29.4. The maximum Gasteiger partial charge on any atom is 0.286 e. The molecular weight excluding hydrogens is 628 g/mol. The van der Waals surface area contributed by atoms with E-state index in [0.717, 1.165) is 44.9 Å². The minimum Gasteiger partial charge on any atom is -1.00 e. The summed E-state index contributed by atoms with van der Waals surface area (Å²) in [7, 11) is 4.15. The van der Waals surface area contributed by atoms with Gasteiger partial charge in [-0.2, -0.15) is 15.2 Å². The van der Waals surface area contributed by atoms with E-state index < -0.39 is 0 Å². The van der Waals surface area contributed by atoms with Gasteiger partial charge in [-0.3, -0.25) is 5.43 Å². The largest absolute Gasteiger partial charge is 1.00 e. The number of imidazole rings is 2. The smallest absolute Gasteiger partial charge is 0.286 e. The van der Waals surface area contributed by atoms with Gasteiger partial charge in [0.1, 0.15) is 12.4 Å². The second kappa shape index (κ2) is 12.9. The van der Waals surface area contributed by atoms with Crippen molar-refractivity contribution in [1.82, 2.24) is 18.8 Å². The van der Waals surface area contributed by atoms with Crippen molar-refractivity contribution in [2.24, 2.45) is 24.3 Å². The van der Waals surface area contributed by atoms with Crippen LogP contribution in [0.2, 0.25) is 0 Å². The van der Waals surface area contributed by atoms with Gasteiger partial charge >= 0.3 is 0 Å². The summed E-state index contributed by atoms with van der Waals surface area (Å²) in [5.74, 6) is 0.915. The van der Waals surface area contributed by atoms with E-state index in [0.29, 0.717) is 11.8 Å². The first-order valence-electron chi connectivity index (χ1n) is 14.2. The molecule has 0 radical (unpaired) electrons. The first-order chi connectivity index (χ1) is 21.6. The van der Waals surface area contributed by atoms with Crippen molar-refractivity contribution in [3.8, 4) is 22.5 Å². The maximum atomic E-state index is 4.43. The second-order valence-corrected chi connectivity index (χ2v) is 10.3. The Labute approximate surface area is 270 Å². The van der Waals surface area contributed by atoms with E-state index >= 15 is 0 Å². The highest BCUT2D eigenvalue weighted by Crippen LogP contribution is 2.19. The topological polar surface area (TPSA) is 91.1 Å². The monoisotopic (exact) mass is 657 g/mol. The molecule has 2 aromatic carbocycles. The summed E-state index contributed by atoms with van der Waals surface area (Å²) in [5, 5.41) is 8.65. The molecule has 0 unspecified atom stereocenters. The molecule has 2 N–H and O–H groups in total. The fraction of sp³-hybridized carbons (Fsp3) is 0.0588. The minimum absolute atomic E-state index is 0. The van der Waals surface area contributed by atoms with Crippen molar-refractivity contribution in [1.29, 1.82) is 0 Å². The number of nitrogens with one attached hydrogen (secondary N) is 2. The number of halogens is 1. The second-order valence-electron chi connectivity index (χ2n) is 10.3. The molecule has 7 rings (SSSR count). The number of nitrogens with zero attached hydrogens (tertiary/aromatic N) is 8. The summed E-state index contributed by atoms with van der Waals surface area (Å²) in [6.45, 7) is 0. The van der Waals surface area contributed by atoms with Crippen LogP contribution in [-0.2, 0) is 14.1 Å². The van der Waals surface area contributed by atoms with Crippen molar-refractivity contribution < 1.29 is 26.1 Å². The molecule has 0 aliphatic carbocycles. The fourth-order valence-electron chi connectivity index (χ4n) is 5.19. The van der Waals surface area contributed by atoms with Crippen LogP contribution >= 0.6 is 0 Å². The third kappa shape index (κ3) is 6.20. The SMILES string of the molecule is C[n+]1c(-c2ccc(/C=N/Nc3ccnc(N/N=C/c4ccc(-c5cn6ccccc6[n+]5C)cc4)n3)cc2)cn2ccccc21.[Br-]. The number of rotatable bonds is 8. The Bertz CT molecular complexity index is 1990. The van der Waals surface area contributed by atoms with Gasteiger partial charge in [-0.05, 0) is 47.5 Å². The summed E-state index contributed by atoms with van der Waals surface area (Å²) in [6, 6.07) is 30.6. The first-order valence-corrected chi connectivity index (χ1v) is 14.2. The molecule has 0 atom stereocenters. The molecule has 45 heavy (non-hydrogen) atoms. The molecule has 5 aromatic heterocycles. The Morgan fingerprint density at radius 3 is 1.67 bits per heavy atom. The summed E-state index contributed by atoms with van der Waals surface area (Å²) in [6.07, 6.45) is 13.5. The lowest BCUT2D eigenvalue weighted by atomic mass is 10.1. The predicted octanol–water partition coefficient (Wildman–Crippen LogP) is 1.86. The molecule has 0 spiro atoms. The van der Waals surface area contributed by atoms with Crippen LogP contribution in [0.4, 0.5) is 11.8 Å². The van der Waals surface area contributed by atoms with Gasteiger partial charge in [0, 0.05) is 35.5 Å². The van der Waals surface area contributed by atoms with Crippen molar-refractivity contribution in [2.75, 3.05) is 10.9 Å². The van der Waals surface area contributed by atoms with Crippen LogP contribution in [0.15, 0.2) is 132 Å². The third-order valence-corrected chi connectivity index (χ3v) is 7.51. The molecule has 0 aliphatic rings. The Balaban J connectivity index is 0.00000357. The molecule has 0 saturated carbocycles. The van der Waals surface area contributed by atoms with Crippen LogP contribution in [0.1, 0.15) is 11.1 Å². The fourth-order valence-corrected chi connectivity index (χ4v) is 5.19. The number of aromatic nitrogens is 6. The van der Waals surface area contributed by atoms with Crippen molar-refractivity contribution >= 4 is 35.5 Å². The highest BCUT2D eigenvalue weighted by atomic mass is 79.9. The Morgan fingerprint density at radius 2 is 1.16 bits per heavy atom. The van der Waals surface area contributed by atoms with Gasteiger partial charge in [0.25, 0.3) is 11.3 Å². The lowest BCUT2D eigenvalue weighted by Gasteiger charge is -2.03. The van der Waals surface area contributed by atoms with Gasteiger partial charge in [0.15, 0.2) is 17.2 Å². The lowest BCUT2D eigenvalue weighted by molar-refractivity contribution is -0.633. The maximum absolute atomic E-state index is 4.43. The van der Waals surface area contributed by atoms with E-state index in [9.17, 15) is 0 Å². The van der Waals surface area contributed by atoms with E-state index in [1.54, 1.807) is 24.7 Å². The van der Waals surface area contributed by atoms with Crippen LogP contribution in [0.3, 0.4) is 0 Å². The quantitative estimate of drug-likeness (QED) is 0.148. The molecule has 11 heteroatoms. The summed E-state index contributed by atoms with van der Waals surface area (Å²) in [4.78, 5) is 8.68. The lowest BCUT2D eigenvalue weighted by Crippen LogP contribution is -3.00. The van der Waals surface area contributed by atoms with Gasteiger partial charge in [0.05, 0.1) is 38.9 Å². The zero-order valence-electron chi connectivity index (χ0n) is 24.7. The van der Waals surface area contributed by atoms with Crippen LogP contribution in [0, 0.1) is 0 Å². The van der Waals surface area contributed by atoms with Gasteiger partial charge in [0.2, 0.25) is 5.95 Å². The predicted molar refractivity (Wildman–Crippen MR) is 172 cm³/mol. The van der Waals surface area contributed by atoms with Crippen molar-refractivity contribution in [2.45, 2.75) is 0 Å². The Hall–Kier alpha value is -5.68. The Kier molecular flexibility index (Phi) is 8.43. The van der Waals surface area contributed by atoms with E-state index in [4.69, 9.17) is 0 Å². The van der Waals surface area contributed by atoms with Gasteiger partial charge in [-0.25, -0.2) is 28.3 Å². The normalized spacial score (nSPS) is 11.4. The van der Waals surface area contributed by atoms with Crippen LogP contribution in [-0.4, -0.2) is 31.2 Å². The molecule has 0 bridgehead atoms. The number of fused-ring (bicyclic) bond motifs is 2. The van der Waals surface area contributed by atoms with Crippen LogP contribution < -0.4 is 37.0 Å². The van der Waals surface area contributed by atoms with Crippen molar-refractivity contribution in [3.63, 3.8) is 0 Å². The number of benzene rings is 2. The molecule has 10 nitrogen and oxygen atoms in total. The van der Waals surface area contributed by atoms with E-state index in [1.807, 2.05) is 48.5 Å². The Morgan fingerprint density at radius 1 is 0.644 bits per heavy atom. The minimum atomic E-state index is 0. The molecule has 5 heterocycles. The molecule has 0 amide bonds. The standard InChI is InChI=1S/C34H30N10.BrH/c1-41-29(23-43-19-5-3-7-32(41)43)27-13-9-25(10-14-27)21-36-39-31-17-18-35-34(38-31)40-37-22-26-11-15-28(16-12-26)30-24-44-20-6-4-8-33(44)42(30)2;/h3-24H,1-2H3,(H2,35,38,39,40);1H/q+2;/p-1/b36-21+,37-22+;. The summed E-state index contributed by atoms with van der Waals surface area (Å²) >= 11 is 0. The molecule has 222 valence electrons. The highest BCUT2D eigenvalue weighted by Gasteiger charge is 2.16. The number of hydrazone groups is 2. The van der Waals surface area contributed by atoms with Crippen LogP contribution in [0.25, 0.3) is 33.8 Å². The summed E-state index contributed by atoms with van der Waals surface area (Å²) < 4.78 is 8.59. The van der Waals surface area contributed by atoms with Crippen LogP contribution in [0.5, 0.6) is 0 Å². The van der Waals surface area contributed by atoms with E-state index in [-0.39, 0.29) is 17.0 Å². The number of hydrogen-bond donors (Lipinski definition) is 2. The number of pyridine rings is 2. The van der Waals surface area contributed by atoms with E-state index in [1.165, 1.54) is 0 Å². The molecule has 0 aliphatic heterocycles. The zero-order valence-corrected chi connectivity index (χ0v) is 26.2. The highest BCUT2D eigenvalue weighted by molar-refractivity contribution is 5.82. The molecular formula is C34H30BrN10+. The molecule has 0 saturated heterocycles. The zero-order chi connectivity index (χ0) is 29.9. The number of aryl methyl sites for hydroxylation is 2. The van der Waals surface area contributed by atoms with Crippen molar-refractivity contribution in [3.05, 3.63) is 133 Å². The average molecular weight is 659 g/mol. The van der Waals surface area contributed by atoms with Gasteiger partial charge in [-0.15, -0.1) is 0 Å².